The highest BCUT2D eigenvalue weighted by Gasteiger charge is 2.29. The fourth-order valence-electron chi connectivity index (χ4n) is 2.69. The Labute approximate surface area is 124 Å². The van der Waals surface area contributed by atoms with Crippen LogP contribution in [0.15, 0.2) is 42.7 Å². The smallest absolute Gasteiger partial charge is 0.241 e. The molecular formula is C16H20N4O. The Morgan fingerprint density at radius 2 is 2.24 bits per heavy atom. The molecule has 2 aromatic rings. The van der Waals surface area contributed by atoms with Gasteiger partial charge < -0.3 is 10.6 Å². The second-order valence-corrected chi connectivity index (χ2v) is 5.60. The molecule has 0 aliphatic carbocycles. The van der Waals surface area contributed by atoms with Crippen LogP contribution in [0.3, 0.4) is 0 Å². The van der Waals surface area contributed by atoms with Crippen molar-refractivity contribution in [3.8, 4) is 0 Å². The van der Waals surface area contributed by atoms with Gasteiger partial charge in [-0.25, -0.2) is 0 Å². The number of carbonyl (C=O) groups is 1. The van der Waals surface area contributed by atoms with Gasteiger partial charge in [0.15, 0.2) is 0 Å². The quantitative estimate of drug-likeness (QED) is 0.901. The SMILES string of the molecule is CC1CCNC1C(=O)Nc1cnn(Cc2ccccc2)c1. The molecular weight excluding hydrogens is 264 g/mol. The molecule has 21 heavy (non-hydrogen) atoms. The molecule has 1 aliphatic heterocycles. The third-order valence-electron chi connectivity index (χ3n) is 3.90. The first-order valence-corrected chi connectivity index (χ1v) is 7.33. The van der Waals surface area contributed by atoms with Gasteiger partial charge in [-0.05, 0) is 24.4 Å². The van der Waals surface area contributed by atoms with Gasteiger partial charge in [0.2, 0.25) is 5.91 Å². The van der Waals surface area contributed by atoms with E-state index in [0.29, 0.717) is 12.5 Å². The number of aromatic nitrogens is 2. The summed E-state index contributed by atoms with van der Waals surface area (Å²) < 4.78 is 1.83. The van der Waals surface area contributed by atoms with Gasteiger partial charge in [0.25, 0.3) is 0 Å². The van der Waals surface area contributed by atoms with Gasteiger partial charge >= 0.3 is 0 Å². The maximum atomic E-state index is 12.2. The van der Waals surface area contributed by atoms with Gasteiger partial charge in [-0.15, -0.1) is 0 Å². The van der Waals surface area contributed by atoms with E-state index in [1.54, 1.807) is 6.20 Å². The Kier molecular flexibility index (Phi) is 4.01. The second kappa shape index (κ2) is 6.10. The van der Waals surface area contributed by atoms with Gasteiger partial charge in [0.05, 0.1) is 24.5 Å². The first kappa shape index (κ1) is 13.8. The molecule has 0 spiro atoms. The molecule has 1 saturated heterocycles. The van der Waals surface area contributed by atoms with E-state index in [1.165, 1.54) is 5.56 Å². The summed E-state index contributed by atoms with van der Waals surface area (Å²) in [5, 5.41) is 10.5. The monoisotopic (exact) mass is 284 g/mol. The fourth-order valence-corrected chi connectivity index (χ4v) is 2.69. The first-order chi connectivity index (χ1) is 10.2. The molecule has 3 rings (SSSR count). The number of amides is 1. The van der Waals surface area contributed by atoms with E-state index in [9.17, 15) is 4.79 Å². The largest absolute Gasteiger partial charge is 0.322 e. The molecule has 1 fully saturated rings. The van der Waals surface area contributed by atoms with Crippen molar-refractivity contribution in [2.24, 2.45) is 5.92 Å². The van der Waals surface area contributed by atoms with Crippen LogP contribution < -0.4 is 10.6 Å². The van der Waals surface area contributed by atoms with Crippen molar-refractivity contribution in [1.82, 2.24) is 15.1 Å². The third kappa shape index (κ3) is 3.31. The number of carbonyl (C=O) groups excluding carboxylic acids is 1. The summed E-state index contributed by atoms with van der Waals surface area (Å²) in [6, 6.07) is 10.0. The second-order valence-electron chi connectivity index (χ2n) is 5.60. The van der Waals surface area contributed by atoms with E-state index >= 15 is 0 Å². The molecule has 5 nitrogen and oxygen atoms in total. The third-order valence-corrected chi connectivity index (χ3v) is 3.90. The minimum absolute atomic E-state index is 0.0271. The molecule has 2 unspecified atom stereocenters. The molecule has 2 heterocycles. The molecule has 2 atom stereocenters. The van der Waals surface area contributed by atoms with Crippen LogP contribution in [0.2, 0.25) is 0 Å². The molecule has 1 aromatic heterocycles. The van der Waals surface area contributed by atoms with Gasteiger partial charge in [-0.1, -0.05) is 37.3 Å². The zero-order valence-corrected chi connectivity index (χ0v) is 12.1. The average molecular weight is 284 g/mol. The highest BCUT2D eigenvalue weighted by atomic mass is 16.2. The Morgan fingerprint density at radius 3 is 2.95 bits per heavy atom. The van der Waals surface area contributed by atoms with Crippen molar-refractivity contribution in [3.63, 3.8) is 0 Å². The molecule has 5 heteroatoms. The summed E-state index contributed by atoms with van der Waals surface area (Å²) in [4.78, 5) is 12.2. The van der Waals surface area contributed by atoms with Crippen LogP contribution in [0.1, 0.15) is 18.9 Å². The topological polar surface area (TPSA) is 59.0 Å². The minimum Gasteiger partial charge on any atom is -0.322 e. The number of hydrogen-bond acceptors (Lipinski definition) is 3. The van der Waals surface area contributed by atoms with Crippen LogP contribution in [-0.4, -0.2) is 28.3 Å². The summed E-state index contributed by atoms with van der Waals surface area (Å²) in [5.41, 5.74) is 1.93. The molecule has 1 aliphatic rings. The first-order valence-electron chi connectivity index (χ1n) is 7.33. The molecule has 110 valence electrons. The van der Waals surface area contributed by atoms with Crippen molar-refractivity contribution in [3.05, 3.63) is 48.3 Å². The van der Waals surface area contributed by atoms with Crippen LogP contribution in [0.25, 0.3) is 0 Å². The number of benzene rings is 1. The van der Waals surface area contributed by atoms with E-state index in [1.807, 2.05) is 29.1 Å². The van der Waals surface area contributed by atoms with E-state index in [-0.39, 0.29) is 11.9 Å². The highest BCUT2D eigenvalue weighted by Crippen LogP contribution is 2.16. The molecule has 1 aromatic carbocycles. The maximum absolute atomic E-state index is 12.2. The van der Waals surface area contributed by atoms with Gasteiger partial charge in [-0.2, -0.15) is 5.10 Å². The molecule has 2 N–H and O–H groups in total. The van der Waals surface area contributed by atoms with E-state index < -0.39 is 0 Å². The Balaban J connectivity index is 1.61. The van der Waals surface area contributed by atoms with Gasteiger partial charge in [-0.3, -0.25) is 9.48 Å². The summed E-state index contributed by atoms with van der Waals surface area (Å²) in [6.45, 7) is 3.71. The molecule has 0 saturated carbocycles. The number of hydrogen-bond donors (Lipinski definition) is 2. The number of anilines is 1. The molecule has 0 bridgehead atoms. The van der Waals surface area contributed by atoms with Crippen LogP contribution >= 0.6 is 0 Å². The number of nitrogens with zero attached hydrogens (tertiary/aromatic N) is 2. The minimum atomic E-state index is -0.0949. The predicted octanol–water partition coefficient (Wildman–Crippen LogP) is 1.87. The van der Waals surface area contributed by atoms with E-state index in [0.717, 1.165) is 18.7 Å². The summed E-state index contributed by atoms with van der Waals surface area (Å²) in [7, 11) is 0. The van der Waals surface area contributed by atoms with Crippen LogP contribution in [0.5, 0.6) is 0 Å². The van der Waals surface area contributed by atoms with Crippen molar-refractivity contribution < 1.29 is 4.79 Å². The van der Waals surface area contributed by atoms with Gasteiger partial charge in [0.1, 0.15) is 0 Å². The Hall–Kier alpha value is -2.14. The highest BCUT2D eigenvalue weighted by molar-refractivity contribution is 5.95. The summed E-state index contributed by atoms with van der Waals surface area (Å²) in [6.07, 6.45) is 4.61. The number of nitrogens with one attached hydrogen (secondary N) is 2. The summed E-state index contributed by atoms with van der Waals surface area (Å²) >= 11 is 0. The normalized spacial score (nSPS) is 21.4. The lowest BCUT2D eigenvalue weighted by Gasteiger charge is -2.14. The standard InChI is InChI=1S/C16H20N4O/c1-12-7-8-17-15(12)16(21)19-14-9-18-20(11-14)10-13-5-3-2-4-6-13/h2-6,9,11-12,15,17H,7-8,10H2,1H3,(H,19,21). The average Bonchev–Trinajstić information content (AvgIpc) is 3.09. The van der Waals surface area contributed by atoms with Crippen molar-refractivity contribution in [2.45, 2.75) is 25.9 Å². The van der Waals surface area contributed by atoms with Crippen molar-refractivity contribution in [1.29, 1.82) is 0 Å². The van der Waals surface area contributed by atoms with Crippen LogP contribution in [0.4, 0.5) is 5.69 Å². The molecule has 0 radical (unpaired) electrons. The number of rotatable bonds is 4. The lowest BCUT2D eigenvalue weighted by atomic mass is 10.0. The lowest BCUT2D eigenvalue weighted by Crippen LogP contribution is -2.38. The fraction of sp³-hybridized carbons (Fsp3) is 0.375. The van der Waals surface area contributed by atoms with Crippen molar-refractivity contribution in [2.75, 3.05) is 11.9 Å². The van der Waals surface area contributed by atoms with Crippen LogP contribution in [0, 0.1) is 5.92 Å². The molecule has 1 amide bonds. The van der Waals surface area contributed by atoms with Gasteiger partial charge in [0, 0.05) is 6.20 Å². The summed E-state index contributed by atoms with van der Waals surface area (Å²) in [5.74, 6) is 0.406. The predicted molar refractivity (Wildman–Crippen MR) is 82.0 cm³/mol. The lowest BCUT2D eigenvalue weighted by molar-refractivity contribution is -0.118. The Morgan fingerprint density at radius 1 is 1.43 bits per heavy atom. The van der Waals surface area contributed by atoms with E-state index in [2.05, 4.69) is 34.8 Å². The van der Waals surface area contributed by atoms with Crippen LogP contribution in [-0.2, 0) is 11.3 Å². The zero-order chi connectivity index (χ0) is 14.7. The Bertz CT molecular complexity index is 608. The zero-order valence-electron chi connectivity index (χ0n) is 12.1. The maximum Gasteiger partial charge on any atom is 0.241 e. The van der Waals surface area contributed by atoms with E-state index in [4.69, 9.17) is 0 Å². The van der Waals surface area contributed by atoms with Crippen molar-refractivity contribution >= 4 is 11.6 Å².